The molecule has 23 heavy (non-hydrogen) atoms. The van der Waals surface area contributed by atoms with Gasteiger partial charge in [-0.15, -0.1) is 6.58 Å². The average Bonchev–Trinajstić information content (AvgIpc) is 2.96. The second kappa shape index (κ2) is 8.47. The van der Waals surface area contributed by atoms with Crippen LogP contribution in [0, 0.1) is 0 Å². The fourth-order valence-corrected chi connectivity index (χ4v) is 2.64. The molecule has 0 saturated carbocycles. The lowest BCUT2D eigenvalue weighted by Gasteiger charge is -2.16. The molecule has 7 heteroatoms. The van der Waals surface area contributed by atoms with E-state index in [1.807, 2.05) is 4.57 Å². The van der Waals surface area contributed by atoms with Gasteiger partial charge in [0.1, 0.15) is 5.69 Å². The summed E-state index contributed by atoms with van der Waals surface area (Å²) in [5, 5.41) is 5.56. The van der Waals surface area contributed by atoms with E-state index in [1.165, 1.54) is 0 Å². The van der Waals surface area contributed by atoms with Gasteiger partial charge in [0.25, 0.3) is 11.8 Å². The van der Waals surface area contributed by atoms with E-state index in [1.54, 1.807) is 13.2 Å². The third-order valence-electron chi connectivity index (χ3n) is 3.75. The summed E-state index contributed by atoms with van der Waals surface area (Å²) in [6, 6.07) is 0. The zero-order valence-electron chi connectivity index (χ0n) is 13.6. The largest absolute Gasteiger partial charge is 0.385 e. The van der Waals surface area contributed by atoms with Crippen LogP contribution in [0.3, 0.4) is 0 Å². The Morgan fingerprint density at radius 1 is 1.35 bits per heavy atom. The van der Waals surface area contributed by atoms with Crippen LogP contribution in [0.1, 0.15) is 46.1 Å². The number of rotatable bonds is 8. The molecule has 2 amide bonds. The molecule has 1 aliphatic rings. The Bertz CT molecular complexity index is 580. The topological polar surface area (TPSA) is 85.2 Å². The van der Waals surface area contributed by atoms with Crippen LogP contribution >= 0.6 is 0 Å². The van der Waals surface area contributed by atoms with Crippen molar-refractivity contribution >= 4 is 11.8 Å². The molecule has 0 fully saturated rings. The Hall–Kier alpha value is -2.15. The molecule has 2 N–H and O–H groups in total. The van der Waals surface area contributed by atoms with Crippen LogP contribution in [0.2, 0.25) is 0 Å². The van der Waals surface area contributed by atoms with Crippen molar-refractivity contribution in [2.45, 2.75) is 32.2 Å². The molecule has 0 unspecified atom stereocenters. The molecule has 0 aromatic carbocycles. The van der Waals surface area contributed by atoms with E-state index < -0.39 is 0 Å². The number of aromatic nitrogens is 2. The fourth-order valence-electron chi connectivity index (χ4n) is 2.64. The number of carbonyl (C=O) groups excluding carboxylic acids is 2. The van der Waals surface area contributed by atoms with Crippen molar-refractivity contribution in [1.82, 2.24) is 20.2 Å². The van der Waals surface area contributed by atoms with Gasteiger partial charge in [0.15, 0.2) is 5.82 Å². The molecule has 126 valence electrons. The lowest BCUT2D eigenvalue weighted by Crippen LogP contribution is -2.28. The number of fused-ring (bicyclic) bond motifs is 1. The van der Waals surface area contributed by atoms with Crippen LogP contribution in [-0.4, -0.2) is 48.2 Å². The molecule has 0 atom stereocenters. The van der Waals surface area contributed by atoms with Crippen molar-refractivity contribution in [3.05, 3.63) is 29.9 Å². The lowest BCUT2D eigenvalue weighted by molar-refractivity contribution is 0.0941. The average molecular weight is 320 g/mol. The van der Waals surface area contributed by atoms with Gasteiger partial charge in [-0.2, -0.15) is 0 Å². The monoisotopic (exact) mass is 320 g/mol. The van der Waals surface area contributed by atoms with Crippen molar-refractivity contribution in [2.24, 2.45) is 0 Å². The minimum atomic E-state index is -0.272. The maximum absolute atomic E-state index is 12.4. The molecule has 0 aliphatic carbocycles. The molecule has 2 heterocycles. The van der Waals surface area contributed by atoms with Crippen LogP contribution in [0.4, 0.5) is 0 Å². The highest BCUT2D eigenvalue weighted by Gasteiger charge is 2.26. The van der Waals surface area contributed by atoms with Crippen molar-refractivity contribution < 1.29 is 14.3 Å². The summed E-state index contributed by atoms with van der Waals surface area (Å²) in [5.74, 6) is -0.190. The second-order valence-corrected chi connectivity index (χ2v) is 5.44. The van der Waals surface area contributed by atoms with E-state index >= 15 is 0 Å². The van der Waals surface area contributed by atoms with Gasteiger partial charge in [0.2, 0.25) is 0 Å². The predicted octanol–water partition coefficient (Wildman–Crippen LogP) is 0.901. The third-order valence-corrected chi connectivity index (χ3v) is 3.75. The van der Waals surface area contributed by atoms with Gasteiger partial charge in [-0.05, 0) is 25.7 Å². The highest BCUT2D eigenvalue weighted by Crippen LogP contribution is 2.21. The molecule has 0 bridgehead atoms. The van der Waals surface area contributed by atoms with Crippen molar-refractivity contribution in [3.8, 4) is 0 Å². The fraction of sp³-hybridized carbons (Fsp3) is 0.562. The molecular formula is C16H24N4O3. The first-order valence-electron chi connectivity index (χ1n) is 7.94. The summed E-state index contributed by atoms with van der Waals surface area (Å²) in [4.78, 5) is 28.9. The van der Waals surface area contributed by atoms with E-state index in [0.29, 0.717) is 31.2 Å². The summed E-state index contributed by atoms with van der Waals surface area (Å²) in [6.45, 7) is 5.79. The number of amides is 2. The Labute approximate surface area is 136 Å². The van der Waals surface area contributed by atoms with Crippen molar-refractivity contribution in [3.63, 3.8) is 0 Å². The van der Waals surface area contributed by atoms with Crippen molar-refractivity contribution in [1.29, 1.82) is 0 Å². The van der Waals surface area contributed by atoms with E-state index in [0.717, 1.165) is 37.9 Å². The number of imidazole rings is 1. The zero-order valence-corrected chi connectivity index (χ0v) is 13.6. The standard InChI is InChI=1S/C16H24N4O3/c1-3-8-17-16(22)14-19-13(12-7-4-5-10-20(12)14)15(21)18-9-6-11-23-2/h3H,1,4-11H2,2H3,(H,17,22)(H,18,21). The Morgan fingerprint density at radius 3 is 2.91 bits per heavy atom. The number of carbonyl (C=O) groups is 2. The molecular weight excluding hydrogens is 296 g/mol. The Kier molecular flexibility index (Phi) is 6.34. The molecule has 0 saturated heterocycles. The van der Waals surface area contributed by atoms with Crippen LogP contribution in [0.25, 0.3) is 0 Å². The number of hydrogen-bond acceptors (Lipinski definition) is 4. The van der Waals surface area contributed by atoms with Gasteiger partial charge in [0, 0.05) is 33.4 Å². The van der Waals surface area contributed by atoms with Gasteiger partial charge in [-0.1, -0.05) is 6.08 Å². The van der Waals surface area contributed by atoms with Crippen LogP contribution in [0.5, 0.6) is 0 Å². The normalized spacial score (nSPS) is 13.3. The first-order valence-corrected chi connectivity index (χ1v) is 7.94. The summed E-state index contributed by atoms with van der Waals surface area (Å²) in [5.41, 5.74) is 1.22. The number of ether oxygens (including phenoxy) is 1. The van der Waals surface area contributed by atoms with E-state index in [2.05, 4.69) is 22.2 Å². The van der Waals surface area contributed by atoms with Crippen molar-refractivity contribution in [2.75, 3.05) is 26.8 Å². The highest BCUT2D eigenvalue weighted by atomic mass is 16.5. The minimum absolute atomic E-state index is 0.227. The van der Waals surface area contributed by atoms with Crippen LogP contribution in [-0.2, 0) is 17.7 Å². The molecule has 0 radical (unpaired) electrons. The van der Waals surface area contributed by atoms with Crippen LogP contribution < -0.4 is 10.6 Å². The number of nitrogens with zero attached hydrogens (tertiary/aromatic N) is 2. The number of nitrogens with one attached hydrogen (secondary N) is 2. The van der Waals surface area contributed by atoms with E-state index in [-0.39, 0.29) is 11.8 Å². The summed E-state index contributed by atoms with van der Waals surface area (Å²) in [7, 11) is 1.63. The van der Waals surface area contributed by atoms with Gasteiger partial charge >= 0.3 is 0 Å². The molecule has 2 rings (SSSR count). The first-order chi connectivity index (χ1) is 11.2. The van der Waals surface area contributed by atoms with Gasteiger partial charge in [-0.25, -0.2) is 4.98 Å². The van der Waals surface area contributed by atoms with Crippen LogP contribution in [0.15, 0.2) is 12.7 Å². The van der Waals surface area contributed by atoms with E-state index in [4.69, 9.17) is 4.74 Å². The zero-order chi connectivity index (χ0) is 16.7. The number of hydrogen-bond donors (Lipinski definition) is 2. The first kappa shape index (κ1) is 17.2. The maximum atomic E-state index is 12.4. The lowest BCUT2D eigenvalue weighted by atomic mass is 10.1. The molecule has 1 aromatic heterocycles. The Balaban J connectivity index is 2.16. The van der Waals surface area contributed by atoms with Gasteiger partial charge in [0.05, 0.1) is 5.69 Å². The quantitative estimate of drug-likeness (QED) is 0.550. The highest BCUT2D eigenvalue weighted by molar-refractivity contribution is 5.97. The number of methoxy groups -OCH3 is 1. The summed E-state index contributed by atoms with van der Waals surface area (Å²) in [6.07, 6.45) is 5.11. The van der Waals surface area contributed by atoms with E-state index in [9.17, 15) is 9.59 Å². The summed E-state index contributed by atoms with van der Waals surface area (Å²) >= 11 is 0. The minimum Gasteiger partial charge on any atom is -0.385 e. The van der Waals surface area contributed by atoms with Gasteiger partial charge < -0.3 is 19.9 Å². The SMILES string of the molecule is C=CCNC(=O)c1nc(C(=O)NCCCOC)c2n1CCCC2. The molecule has 7 nitrogen and oxygen atoms in total. The summed E-state index contributed by atoms with van der Waals surface area (Å²) < 4.78 is 6.83. The maximum Gasteiger partial charge on any atom is 0.287 e. The third kappa shape index (κ3) is 4.19. The Morgan fingerprint density at radius 2 is 2.17 bits per heavy atom. The van der Waals surface area contributed by atoms with Gasteiger partial charge in [-0.3, -0.25) is 9.59 Å². The predicted molar refractivity (Wildman–Crippen MR) is 86.5 cm³/mol. The molecule has 0 spiro atoms. The molecule has 1 aromatic rings. The molecule has 1 aliphatic heterocycles. The second-order valence-electron chi connectivity index (χ2n) is 5.44. The smallest absolute Gasteiger partial charge is 0.287 e.